The molecular formula is C58H38N2. The molecule has 0 spiro atoms. The number of fused-ring (bicyclic) bond motifs is 4. The molecule has 11 rings (SSSR count). The second kappa shape index (κ2) is 15.1. The summed E-state index contributed by atoms with van der Waals surface area (Å²) in [7, 11) is 0. The largest absolute Gasteiger partial charge is 0.228 e. The maximum Gasteiger partial charge on any atom is 0.160 e. The van der Waals surface area contributed by atoms with E-state index < -0.39 is 0 Å². The maximum absolute atomic E-state index is 5.36. The van der Waals surface area contributed by atoms with Gasteiger partial charge in [-0.3, -0.25) is 0 Å². The zero-order valence-electron chi connectivity index (χ0n) is 32.8. The Bertz CT molecular complexity index is 3340. The molecule has 0 N–H and O–H groups in total. The van der Waals surface area contributed by atoms with Crippen molar-refractivity contribution < 1.29 is 0 Å². The number of nitrogens with zero attached hydrogens (tertiary/aromatic N) is 2. The van der Waals surface area contributed by atoms with Crippen LogP contribution in [0, 0.1) is 0 Å². The average Bonchev–Trinajstić information content (AvgIpc) is 3.34. The van der Waals surface area contributed by atoms with Gasteiger partial charge in [-0.25, -0.2) is 9.97 Å². The van der Waals surface area contributed by atoms with E-state index in [4.69, 9.17) is 9.97 Å². The zero-order valence-corrected chi connectivity index (χ0v) is 32.8. The van der Waals surface area contributed by atoms with E-state index in [-0.39, 0.29) is 0 Å². The normalized spacial score (nSPS) is 11.3. The van der Waals surface area contributed by atoms with Crippen LogP contribution in [-0.4, -0.2) is 9.97 Å². The van der Waals surface area contributed by atoms with E-state index in [9.17, 15) is 0 Å². The van der Waals surface area contributed by atoms with Crippen LogP contribution < -0.4 is 0 Å². The average molecular weight is 763 g/mol. The van der Waals surface area contributed by atoms with Crippen molar-refractivity contribution in [1.29, 1.82) is 0 Å². The van der Waals surface area contributed by atoms with E-state index in [0.717, 1.165) is 55.9 Å². The Morgan fingerprint density at radius 2 is 0.750 bits per heavy atom. The van der Waals surface area contributed by atoms with Crippen molar-refractivity contribution in [3.8, 4) is 78.4 Å². The predicted octanol–water partition coefficient (Wildman–Crippen LogP) is 15.6. The van der Waals surface area contributed by atoms with Gasteiger partial charge in [0.2, 0.25) is 0 Å². The minimum absolute atomic E-state index is 0.680. The SMILES string of the molecule is c1ccc(-c2ccc(-c3cc(-c4ccccc4-c4ccccc4)nc(-c4ccc(-c5c6ccccc6cc6c5ccc5ccccc56)cc4)n3)cc2-c2ccccc2)cc1. The van der Waals surface area contributed by atoms with Crippen LogP contribution in [0.4, 0.5) is 0 Å². The van der Waals surface area contributed by atoms with Crippen molar-refractivity contribution in [3.05, 3.63) is 231 Å². The third-order valence-corrected chi connectivity index (χ3v) is 11.7. The van der Waals surface area contributed by atoms with Crippen LogP contribution in [0.1, 0.15) is 0 Å². The van der Waals surface area contributed by atoms with Gasteiger partial charge in [-0.1, -0.05) is 212 Å². The van der Waals surface area contributed by atoms with Gasteiger partial charge in [0.15, 0.2) is 5.82 Å². The molecule has 0 bridgehead atoms. The van der Waals surface area contributed by atoms with Crippen LogP contribution in [0.2, 0.25) is 0 Å². The molecule has 1 heterocycles. The van der Waals surface area contributed by atoms with Gasteiger partial charge in [0, 0.05) is 16.7 Å². The highest BCUT2D eigenvalue weighted by molar-refractivity contribution is 6.20. The Labute approximate surface area is 349 Å². The number of hydrogen-bond acceptors (Lipinski definition) is 2. The number of aromatic nitrogens is 2. The van der Waals surface area contributed by atoms with Crippen molar-refractivity contribution in [2.45, 2.75) is 0 Å². The van der Waals surface area contributed by atoms with Gasteiger partial charge in [-0.2, -0.15) is 0 Å². The molecule has 60 heavy (non-hydrogen) atoms. The third-order valence-electron chi connectivity index (χ3n) is 11.7. The number of benzene rings is 10. The summed E-state index contributed by atoms with van der Waals surface area (Å²) >= 11 is 0. The first-order chi connectivity index (χ1) is 29.7. The summed E-state index contributed by atoms with van der Waals surface area (Å²) in [5.41, 5.74) is 14.1. The Hall–Kier alpha value is -7.94. The topological polar surface area (TPSA) is 25.8 Å². The van der Waals surface area contributed by atoms with Crippen molar-refractivity contribution in [1.82, 2.24) is 9.97 Å². The van der Waals surface area contributed by atoms with Crippen molar-refractivity contribution in [2.75, 3.05) is 0 Å². The molecule has 0 atom stereocenters. The highest BCUT2D eigenvalue weighted by atomic mass is 14.9. The summed E-state index contributed by atoms with van der Waals surface area (Å²) < 4.78 is 0. The molecule has 1 aromatic heterocycles. The standard InChI is InChI=1S/C58H38N2/c1-4-16-39(17-5-1)47-24-14-15-27-51(47)56-38-55(46-33-34-49(40-18-6-2-7-19-40)53(37-46)41-20-8-3-9-21-41)59-58(60-56)44-30-28-43(29-31-44)57-50-26-13-11-23-45(50)36-54-48-25-12-10-22-42(48)32-35-52(54)57/h1-38H. The highest BCUT2D eigenvalue weighted by Crippen LogP contribution is 2.41. The maximum atomic E-state index is 5.36. The minimum atomic E-state index is 0.680. The second-order valence-corrected chi connectivity index (χ2v) is 15.3. The van der Waals surface area contributed by atoms with Gasteiger partial charge >= 0.3 is 0 Å². The lowest BCUT2D eigenvalue weighted by molar-refractivity contribution is 1.18. The zero-order chi connectivity index (χ0) is 39.8. The monoisotopic (exact) mass is 762 g/mol. The van der Waals surface area contributed by atoms with Crippen LogP contribution in [0.15, 0.2) is 231 Å². The first-order valence-electron chi connectivity index (χ1n) is 20.5. The fraction of sp³-hybridized carbons (Fsp3) is 0. The van der Waals surface area contributed by atoms with Crippen molar-refractivity contribution >= 4 is 32.3 Å². The van der Waals surface area contributed by atoms with Gasteiger partial charge < -0.3 is 0 Å². The van der Waals surface area contributed by atoms with Crippen molar-refractivity contribution in [3.63, 3.8) is 0 Å². The number of rotatable bonds is 7. The summed E-state index contributed by atoms with van der Waals surface area (Å²) in [6.07, 6.45) is 0. The fourth-order valence-electron chi connectivity index (χ4n) is 8.78. The van der Waals surface area contributed by atoms with Gasteiger partial charge in [0.05, 0.1) is 11.4 Å². The molecule has 0 aliphatic rings. The molecule has 11 aromatic rings. The van der Waals surface area contributed by atoms with E-state index in [1.54, 1.807) is 0 Å². The van der Waals surface area contributed by atoms with E-state index in [1.807, 2.05) is 0 Å². The molecular weight excluding hydrogens is 725 g/mol. The van der Waals surface area contributed by atoms with E-state index in [0.29, 0.717) is 5.82 Å². The predicted molar refractivity (Wildman–Crippen MR) is 253 cm³/mol. The van der Waals surface area contributed by atoms with Crippen LogP contribution in [0.5, 0.6) is 0 Å². The minimum Gasteiger partial charge on any atom is -0.228 e. The first-order valence-corrected chi connectivity index (χ1v) is 20.5. The molecule has 0 amide bonds. The third kappa shape index (κ3) is 6.41. The molecule has 0 aliphatic heterocycles. The lowest BCUT2D eigenvalue weighted by Crippen LogP contribution is -1.98. The van der Waals surface area contributed by atoms with Crippen LogP contribution in [0.3, 0.4) is 0 Å². The van der Waals surface area contributed by atoms with E-state index >= 15 is 0 Å². The molecule has 2 nitrogen and oxygen atoms in total. The first kappa shape index (κ1) is 35.2. The van der Waals surface area contributed by atoms with E-state index in [2.05, 4.69) is 231 Å². The summed E-state index contributed by atoms with van der Waals surface area (Å²) in [5.74, 6) is 0.680. The summed E-state index contributed by atoms with van der Waals surface area (Å²) in [5, 5.41) is 7.47. The smallest absolute Gasteiger partial charge is 0.160 e. The van der Waals surface area contributed by atoms with Gasteiger partial charge in [0.25, 0.3) is 0 Å². The van der Waals surface area contributed by atoms with Crippen LogP contribution >= 0.6 is 0 Å². The molecule has 0 fully saturated rings. The molecule has 0 saturated heterocycles. The van der Waals surface area contributed by atoms with Crippen LogP contribution in [-0.2, 0) is 0 Å². The quantitative estimate of drug-likeness (QED) is 0.119. The molecule has 0 aliphatic carbocycles. The van der Waals surface area contributed by atoms with Crippen LogP contribution in [0.25, 0.3) is 111 Å². The summed E-state index contributed by atoms with van der Waals surface area (Å²) in [6.45, 7) is 0. The second-order valence-electron chi connectivity index (χ2n) is 15.3. The molecule has 2 heteroatoms. The Morgan fingerprint density at radius 1 is 0.233 bits per heavy atom. The Balaban J connectivity index is 1.09. The lowest BCUT2D eigenvalue weighted by atomic mass is 9.89. The summed E-state index contributed by atoms with van der Waals surface area (Å²) in [6, 6.07) is 82.3. The highest BCUT2D eigenvalue weighted by Gasteiger charge is 2.18. The molecule has 10 aromatic carbocycles. The summed E-state index contributed by atoms with van der Waals surface area (Å²) in [4.78, 5) is 10.7. The Kier molecular flexibility index (Phi) is 8.87. The van der Waals surface area contributed by atoms with E-state index in [1.165, 1.54) is 49.0 Å². The van der Waals surface area contributed by atoms with Gasteiger partial charge in [-0.15, -0.1) is 0 Å². The van der Waals surface area contributed by atoms with Crippen molar-refractivity contribution in [2.24, 2.45) is 0 Å². The molecule has 0 unspecified atom stereocenters. The lowest BCUT2D eigenvalue weighted by Gasteiger charge is -2.16. The Morgan fingerprint density at radius 3 is 1.45 bits per heavy atom. The van der Waals surface area contributed by atoms with Gasteiger partial charge in [0.1, 0.15) is 0 Å². The fourth-order valence-corrected chi connectivity index (χ4v) is 8.78. The number of hydrogen-bond donors (Lipinski definition) is 0. The molecule has 280 valence electrons. The molecule has 0 radical (unpaired) electrons. The van der Waals surface area contributed by atoms with Gasteiger partial charge in [-0.05, 0) is 95.0 Å². The molecule has 0 saturated carbocycles.